The van der Waals surface area contributed by atoms with E-state index < -0.39 is 15.8 Å². The zero-order valence-corrected chi connectivity index (χ0v) is 10.9. The van der Waals surface area contributed by atoms with E-state index in [-0.39, 0.29) is 16.5 Å². The van der Waals surface area contributed by atoms with Gasteiger partial charge in [0.05, 0.1) is 10.8 Å². The van der Waals surface area contributed by atoms with Gasteiger partial charge in [-0.2, -0.15) is 0 Å². The topological polar surface area (TPSA) is 56.1 Å². The fourth-order valence-electron chi connectivity index (χ4n) is 1.57. The van der Waals surface area contributed by atoms with E-state index in [1.54, 1.807) is 18.2 Å². The number of nitrogens with zero attached hydrogens (tertiary/aromatic N) is 1. The molecule has 0 aliphatic heterocycles. The van der Waals surface area contributed by atoms with Gasteiger partial charge in [0, 0.05) is 6.20 Å². The van der Waals surface area contributed by atoms with Crippen molar-refractivity contribution in [3.05, 3.63) is 54.4 Å². The van der Waals surface area contributed by atoms with Gasteiger partial charge in [-0.1, -0.05) is 18.2 Å². The highest BCUT2D eigenvalue weighted by Gasteiger charge is 2.21. The van der Waals surface area contributed by atoms with Crippen LogP contribution in [0.2, 0.25) is 0 Å². The van der Waals surface area contributed by atoms with Gasteiger partial charge in [-0.3, -0.25) is 4.79 Å². The summed E-state index contributed by atoms with van der Waals surface area (Å²) in [5, 5.41) is 0. The Morgan fingerprint density at radius 2 is 1.78 bits per heavy atom. The molecular formula is C12H10ClNO3S. The summed E-state index contributed by atoms with van der Waals surface area (Å²) >= 11 is 5.45. The van der Waals surface area contributed by atoms with Crippen LogP contribution in [0.25, 0.3) is 0 Å². The maximum Gasteiger partial charge on any atom is 0.268 e. The van der Waals surface area contributed by atoms with Crippen LogP contribution < -0.4 is 0 Å². The van der Waals surface area contributed by atoms with Crippen LogP contribution in [0, 0.1) is 0 Å². The molecular weight excluding hydrogens is 274 g/mol. The van der Waals surface area contributed by atoms with Crippen LogP contribution in [0.1, 0.15) is 10.5 Å². The summed E-state index contributed by atoms with van der Waals surface area (Å²) in [6, 6.07) is 10.9. The van der Waals surface area contributed by atoms with Crippen molar-refractivity contribution in [2.75, 3.05) is 5.88 Å². The molecule has 2 rings (SSSR count). The number of aromatic nitrogens is 1. The summed E-state index contributed by atoms with van der Waals surface area (Å²) in [6.07, 6.45) is 1.34. The average molecular weight is 284 g/mol. The molecule has 0 aliphatic carbocycles. The number of Topliss-reactive ketones (excluding diaryl/α,β-unsaturated/α-hetero) is 1. The Labute approximate surface area is 110 Å². The molecule has 1 heterocycles. The number of rotatable bonds is 4. The van der Waals surface area contributed by atoms with E-state index >= 15 is 0 Å². The first-order chi connectivity index (χ1) is 8.57. The first kappa shape index (κ1) is 12.9. The Hall–Kier alpha value is -1.59. The summed E-state index contributed by atoms with van der Waals surface area (Å²) in [5.74, 6) is -0.685. The summed E-state index contributed by atoms with van der Waals surface area (Å²) in [5.41, 5.74) is 0.0638. The summed E-state index contributed by atoms with van der Waals surface area (Å²) in [6.45, 7) is 0. The zero-order chi connectivity index (χ0) is 13.2. The van der Waals surface area contributed by atoms with Gasteiger partial charge in [-0.25, -0.2) is 12.4 Å². The first-order valence-electron chi connectivity index (χ1n) is 5.14. The summed E-state index contributed by atoms with van der Waals surface area (Å²) in [4.78, 5) is 11.7. The summed E-state index contributed by atoms with van der Waals surface area (Å²) < 4.78 is 25.6. The number of alkyl halides is 1. The third-order valence-corrected chi connectivity index (χ3v) is 4.37. The maximum atomic E-state index is 12.3. The Bertz CT molecular complexity index is 662. The van der Waals surface area contributed by atoms with E-state index in [1.165, 1.54) is 30.5 Å². The van der Waals surface area contributed by atoms with E-state index in [0.717, 1.165) is 3.97 Å². The van der Waals surface area contributed by atoms with Gasteiger partial charge in [-0.15, -0.1) is 11.6 Å². The largest absolute Gasteiger partial charge is 0.291 e. The predicted molar refractivity (Wildman–Crippen MR) is 68.5 cm³/mol. The van der Waals surface area contributed by atoms with Crippen LogP contribution in [0.4, 0.5) is 0 Å². The molecule has 94 valence electrons. The van der Waals surface area contributed by atoms with Crippen molar-refractivity contribution in [1.29, 1.82) is 0 Å². The number of benzene rings is 1. The van der Waals surface area contributed by atoms with Gasteiger partial charge in [0.2, 0.25) is 0 Å². The van der Waals surface area contributed by atoms with Crippen molar-refractivity contribution >= 4 is 27.4 Å². The van der Waals surface area contributed by atoms with Gasteiger partial charge in [0.1, 0.15) is 5.69 Å². The normalized spacial score (nSPS) is 11.4. The highest BCUT2D eigenvalue weighted by molar-refractivity contribution is 7.90. The molecule has 0 fully saturated rings. The number of carbonyl (C=O) groups is 1. The van der Waals surface area contributed by atoms with Crippen molar-refractivity contribution in [2.45, 2.75) is 4.90 Å². The van der Waals surface area contributed by atoms with E-state index in [9.17, 15) is 13.2 Å². The third kappa shape index (κ3) is 2.19. The van der Waals surface area contributed by atoms with Crippen LogP contribution in [-0.2, 0) is 10.0 Å². The monoisotopic (exact) mass is 283 g/mol. The number of hydrogen-bond donors (Lipinski definition) is 0. The van der Waals surface area contributed by atoms with Crippen LogP contribution >= 0.6 is 11.6 Å². The molecule has 0 saturated carbocycles. The van der Waals surface area contributed by atoms with E-state index in [4.69, 9.17) is 11.6 Å². The average Bonchev–Trinajstić information content (AvgIpc) is 2.89. The smallest absolute Gasteiger partial charge is 0.268 e. The summed E-state index contributed by atoms with van der Waals surface area (Å²) in [7, 11) is -3.74. The molecule has 0 spiro atoms. The molecule has 0 amide bonds. The minimum Gasteiger partial charge on any atom is -0.291 e. The second kappa shape index (κ2) is 4.96. The molecule has 0 aliphatic rings. The fourth-order valence-corrected chi connectivity index (χ4v) is 3.08. The highest BCUT2D eigenvalue weighted by atomic mass is 35.5. The molecule has 4 nitrogen and oxygen atoms in total. The van der Waals surface area contributed by atoms with Crippen molar-refractivity contribution in [3.8, 4) is 0 Å². The van der Waals surface area contributed by atoms with Gasteiger partial charge in [0.25, 0.3) is 10.0 Å². The quantitative estimate of drug-likeness (QED) is 0.638. The number of ketones is 1. The Morgan fingerprint density at radius 1 is 1.11 bits per heavy atom. The van der Waals surface area contributed by atoms with Crippen LogP contribution in [-0.4, -0.2) is 24.1 Å². The van der Waals surface area contributed by atoms with Crippen LogP contribution in [0.3, 0.4) is 0 Å². The molecule has 2 aromatic rings. The van der Waals surface area contributed by atoms with Crippen molar-refractivity contribution < 1.29 is 13.2 Å². The predicted octanol–water partition coefficient (Wildman–Crippen LogP) is 2.15. The van der Waals surface area contributed by atoms with Gasteiger partial charge in [0.15, 0.2) is 5.78 Å². The fraction of sp³-hybridized carbons (Fsp3) is 0.0833. The number of hydrogen-bond acceptors (Lipinski definition) is 3. The van der Waals surface area contributed by atoms with Gasteiger partial charge >= 0.3 is 0 Å². The number of carbonyl (C=O) groups excluding carboxylic acids is 1. The molecule has 6 heteroatoms. The standard InChI is InChI=1S/C12H10ClNO3S/c13-9-12(15)11-7-4-8-14(11)18(16,17)10-5-2-1-3-6-10/h1-8H,9H2. The van der Waals surface area contributed by atoms with Crippen molar-refractivity contribution in [3.63, 3.8) is 0 Å². The molecule has 18 heavy (non-hydrogen) atoms. The molecule has 0 bridgehead atoms. The Morgan fingerprint density at radius 3 is 2.39 bits per heavy atom. The van der Waals surface area contributed by atoms with Crippen LogP contribution in [0.5, 0.6) is 0 Å². The van der Waals surface area contributed by atoms with E-state index in [0.29, 0.717) is 0 Å². The second-order valence-corrected chi connectivity index (χ2v) is 5.65. The molecule has 1 aromatic heterocycles. The molecule has 0 N–H and O–H groups in total. The lowest BCUT2D eigenvalue weighted by molar-refractivity contribution is 0.101. The first-order valence-corrected chi connectivity index (χ1v) is 7.12. The van der Waals surface area contributed by atoms with E-state index in [2.05, 4.69) is 0 Å². The highest BCUT2D eigenvalue weighted by Crippen LogP contribution is 2.16. The zero-order valence-electron chi connectivity index (χ0n) is 9.28. The van der Waals surface area contributed by atoms with Crippen LogP contribution in [0.15, 0.2) is 53.6 Å². The van der Waals surface area contributed by atoms with E-state index in [1.807, 2.05) is 0 Å². The molecule has 0 unspecified atom stereocenters. The van der Waals surface area contributed by atoms with Crippen molar-refractivity contribution in [1.82, 2.24) is 3.97 Å². The molecule has 0 atom stereocenters. The van der Waals surface area contributed by atoms with Gasteiger partial charge < -0.3 is 0 Å². The Kier molecular flexibility index (Phi) is 3.54. The second-order valence-electron chi connectivity index (χ2n) is 3.56. The maximum absolute atomic E-state index is 12.3. The minimum atomic E-state index is -3.74. The van der Waals surface area contributed by atoms with Crippen molar-refractivity contribution in [2.24, 2.45) is 0 Å². The molecule has 0 radical (unpaired) electrons. The lowest BCUT2D eigenvalue weighted by Crippen LogP contribution is -2.18. The lowest BCUT2D eigenvalue weighted by Gasteiger charge is -2.08. The number of halogens is 1. The Balaban J connectivity index is 2.56. The minimum absolute atomic E-state index is 0.0638. The molecule has 1 aromatic carbocycles. The lowest BCUT2D eigenvalue weighted by atomic mass is 10.3. The molecule has 0 saturated heterocycles. The third-order valence-electron chi connectivity index (χ3n) is 2.42. The SMILES string of the molecule is O=C(CCl)c1cccn1S(=O)(=O)c1ccccc1. The van der Waals surface area contributed by atoms with Gasteiger partial charge in [-0.05, 0) is 24.3 Å².